The number of benzene rings is 2. The van der Waals surface area contributed by atoms with Gasteiger partial charge >= 0.3 is 0 Å². The molecule has 1 unspecified atom stereocenters. The summed E-state index contributed by atoms with van der Waals surface area (Å²) in [6.07, 6.45) is 1.66. The highest BCUT2D eigenvalue weighted by atomic mass is 16.3. The van der Waals surface area contributed by atoms with Crippen LogP contribution in [0.3, 0.4) is 0 Å². The molecule has 2 aromatic rings. The van der Waals surface area contributed by atoms with E-state index in [1.165, 1.54) is 11.1 Å². The zero-order valence-corrected chi connectivity index (χ0v) is 14.7. The summed E-state index contributed by atoms with van der Waals surface area (Å²) >= 11 is 0. The molecule has 1 atom stereocenters. The molecule has 2 rings (SSSR count). The second kappa shape index (κ2) is 11.0. The molecular weight excluding hydrogens is 296 g/mol. The summed E-state index contributed by atoms with van der Waals surface area (Å²) in [4.78, 5) is 2.49. The van der Waals surface area contributed by atoms with E-state index in [1.54, 1.807) is 0 Å². The van der Waals surface area contributed by atoms with Crippen LogP contribution in [0.25, 0.3) is 0 Å². The van der Waals surface area contributed by atoms with Gasteiger partial charge < -0.3 is 10.4 Å². The quantitative estimate of drug-likeness (QED) is 0.621. The summed E-state index contributed by atoms with van der Waals surface area (Å²) in [6.45, 7) is 6.61. The minimum atomic E-state index is -0.227. The van der Waals surface area contributed by atoms with Crippen LogP contribution in [0.4, 0.5) is 0 Å². The van der Waals surface area contributed by atoms with E-state index >= 15 is 0 Å². The lowest BCUT2D eigenvalue weighted by Gasteiger charge is -2.23. The molecule has 0 aromatic heterocycles. The molecule has 24 heavy (non-hydrogen) atoms. The maximum Gasteiger partial charge on any atom is 0.0662 e. The number of hydrogen-bond donors (Lipinski definition) is 2. The van der Waals surface area contributed by atoms with Crippen molar-refractivity contribution in [2.45, 2.75) is 39.0 Å². The van der Waals surface area contributed by atoms with Crippen molar-refractivity contribution in [2.75, 3.05) is 19.6 Å². The molecule has 0 aliphatic heterocycles. The molecule has 0 fully saturated rings. The Morgan fingerprint density at radius 2 is 1.46 bits per heavy atom. The number of nitrogens with one attached hydrogen (secondary N) is 1. The zero-order chi connectivity index (χ0) is 17.0. The Hall–Kier alpha value is -1.68. The summed E-state index contributed by atoms with van der Waals surface area (Å²) < 4.78 is 0. The zero-order valence-electron chi connectivity index (χ0n) is 14.7. The van der Waals surface area contributed by atoms with Gasteiger partial charge in [0.05, 0.1) is 6.10 Å². The lowest BCUT2D eigenvalue weighted by atomic mass is 10.1. The minimum Gasteiger partial charge on any atom is -0.392 e. The van der Waals surface area contributed by atoms with Crippen molar-refractivity contribution in [2.24, 2.45) is 0 Å². The maximum atomic E-state index is 9.58. The van der Waals surface area contributed by atoms with Crippen molar-refractivity contribution in [3.63, 3.8) is 0 Å². The predicted molar refractivity (Wildman–Crippen MR) is 101 cm³/mol. The molecular formula is C21H30N2O. The van der Waals surface area contributed by atoms with Gasteiger partial charge in [-0.1, -0.05) is 67.6 Å². The first kappa shape index (κ1) is 18.7. The molecule has 3 nitrogen and oxygen atoms in total. The molecule has 0 aliphatic carbocycles. The van der Waals surface area contributed by atoms with E-state index in [4.69, 9.17) is 0 Å². The van der Waals surface area contributed by atoms with Gasteiger partial charge in [0.2, 0.25) is 0 Å². The van der Waals surface area contributed by atoms with E-state index in [0.717, 1.165) is 39.0 Å². The summed E-state index contributed by atoms with van der Waals surface area (Å²) in [5.74, 6) is 0. The molecule has 2 N–H and O–H groups in total. The summed E-state index contributed by atoms with van der Waals surface area (Å²) in [7, 11) is 0. The van der Waals surface area contributed by atoms with Gasteiger partial charge in [0, 0.05) is 26.2 Å². The normalized spacial score (nSPS) is 12.5. The Morgan fingerprint density at radius 3 is 1.96 bits per heavy atom. The van der Waals surface area contributed by atoms with Gasteiger partial charge in [0.15, 0.2) is 0 Å². The van der Waals surface area contributed by atoms with Crippen LogP contribution >= 0.6 is 0 Å². The van der Waals surface area contributed by atoms with Crippen LogP contribution in [0.15, 0.2) is 60.7 Å². The predicted octanol–water partition coefficient (Wildman–Crippen LogP) is 3.44. The SMILES string of the molecule is CCC(O)CNCCCN(Cc1ccccc1)Cc1ccccc1. The van der Waals surface area contributed by atoms with Crippen molar-refractivity contribution in [3.8, 4) is 0 Å². The molecule has 0 saturated heterocycles. The van der Waals surface area contributed by atoms with Crippen molar-refractivity contribution in [1.82, 2.24) is 10.2 Å². The first-order valence-electron chi connectivity index (χ1n) is 8.97. The third-order valence-electron chi connectivity index (χ3n) is 4.18. The van der Waals surface area contributed by atoms with Crippen molar-refractivity contribution < 1.29 is 5.11 Å². The molecule has 130 valence electrons. The first-order chi connectivity index (χ1) is 11.8. The number of hydrogen-bond acceptors (Lipinski definition) is 3. The van der Waals surface area contributed by atoms with E-state index in [2.05, 4.69) is 70.9 Å². The molecule has 0 radical (unpaired) electrons. The fraction of sp³-hybridized carbons (Fsp3) is 0.429. The fourth-order valence-electron chi connectivity index (χ4n) is 2.74. The summed E-state index contributed by atoms with van der Waals surface area (Å²) in [6, 6.07) is 21.3. The Morgan fingerprint density at radius 1 is 0.917 bits per heavy atom. The van der Waals surface area contributed by atoms with Crippen molar-refractivity contribution in [3.05, 3.63) is 71.8 Å². The number of aliphatic hydroxyl groups is 1. The van der Waals surface area contributed by atoms with Crippen molar-refractivity contribution >= 4 is 0 Å². The third kappa shape index (κ3) is 7.26. The minimum absolute atomic E-state index is 0.227. The van der Waals surface area contributed by atoms with Crippen LogP contribution in [0.1, 0.15) is 30.9 Å². The third-order valence-corrected chi connectivity index (χ3v) is 4.18. The molecule has 0 saturated carbocycles. The van der Waals surface area contributed by atoms with Crippen LogP contribution < -0.4 is 5.32 Å². The van der Waals surface area contributed by atoms with Gasteiger partial charge in [0.1, 0.15) is 0 Å². The second-order valence-electron chi connectivity index (χ2n) is 6.30. The molecule has 0 aliphatic rings. The van der Waals surface area contributed by atoms with Gasteiger partial charge in [0.25, 0.3) is 0 Å². The first-order valence-corrected chi connectivity index (χ1v) is 8.97. The number of aliphatic hydroxyl groups excluding tert-OH is 1. The smallest absolute Gasteiger partial charge is 0.0662 e. The van der Waals surface area contributed by atoms with Gasteiger partial charge in [-0.3, -0.25) is 4.90 Å². The number of rotatable bonds is 11. The molecule has 0 heterocycles. The fourth-order valence-corrected chi connectivity index (χ4v) is 2.74. The van der Waals surface area contributed by atoms with Crippen LogP contribution in [0.2, 0.25) is 0 Å². The largest absolute Gasteiger partial charge is 0.392 e. The lowest BCUT2D eigenvalue weighted by molar-refractivity contribution is 0.166. The Labute approximate surface area is 146 Å². The Kier molecular flexibility index (Phi) is 8.53. The highest BCUT2D eigenvalue weighted by molar-refractivity contribution is 5.17. The average molecular weight is 326 g/mol. The van der Waals surface area contributed by atoms with Gasteiger partial charge in [-0.2, -0.15) is 0 Å². The maximum absolute atomic E-state index is 9.58. The van der Waals surface area contributed by atoms with Gasteiger partial charge in [-0.15, -0.1) is 0 Å². The number of nitrogens with zero attached hydrogens (tertiary/aromatic N) is 1. The lowest BCUT2D eigenvalue weighted by Crippen LogP contribution is -2.30. The van der Waals surface area contributed by atoms with E-state index in [0.29, 0.717) is 6.54 Å². The molecule has 0 bridgehead atoms. The topological polar surface area (TPSA) is 35.5 Å². The molecule has 2 aromatic carbocycles. The van der Waals surface area contributed by atoms with E-state index in [9.17, 15) is 5.11 Å². The van der Waals surface area contributed by atoms with Crippen molar-refractivity contribution in [1.29, 1.82) is 0 Å². The second-order valence-corrected chi connectivity index (χ2v) is 6.30. The summed E-state index contributed by atoms with van der Waals surface area (Å²) in [5.41, 5.74) is 2.70. The monoisotopic (exact) mass is 326 g/mol. The average Bonchev–Trinajstić information content (AvgIpc) is 2.62. The Bertz CT molecular complexity index is 503. The highest BCUT2D eigenvalue weighted by Crippen LogP contribution is 2.10. The van der Waals surface area contributed by atoms with Gasteiger partial charge in [-0.25, -0.2) is 0 Å². The summed E-state index contributed by atoms with van der Waals surface area (Å²) in [5, 5.41) is 12.9. The van der Waals surface area contributed by atoms with Crippen LogP contribution in [-0.2, 0) is 13.1 Å². The van der Waals surface area contributed by atoms with Crippen LogP contribution in [-0.4, -0.2) is 35.7 Å². The van der Waals surface area contributed by atoms with E-state index < -0.39 is 0 Å². The molecule has 0 amide bonds. The molecule has 3 heteroatoms. The van der Waals surface area contributed by atoms with Crippen LogP contribution in [0, 0.1) is 0 Å². The van der Waals surface area contributed by atoms with Gasteiger partial charge in [-0.05, 0) is 30.5 Å². The molecule has 0 spiro atoms. The van der Waals surface area contributed by atoms with E-state index in [-0.39, 0.29) is 6.10 Å². The highest BCUT2D eigenvalue weighted by Gasteiger charge is 2.07. The van der Waals surface area contributed by atoms with Crippen LogP contribution in [0.5, 0.6) is 0 Å². The van der Waals surface area contributed by atoms with E-state index in [1.807, 2.05) is 6.92 Å². The Balaban J connectivity index is 1.83. The standard InChI is InChI=1S/C21H30N2O/c1-2-21(24)16-22-14-9-15-23(17-19-10-5-3-6-11-19)18-20-12-7-4-8-13-20/h3-8,10-13,21-22,24H,2,9,14-18H2,1H3.